The first-order valence-electron chi connectivity index (χ1n) is 7.15. The van der Waals surface area contributed by atoms with E-state index in [4.69, 9.17) is 10.5 Å². The Hall–Kier alpha value is -1.87. The zero-order chi connectivity index (χ0) is 15.3. The first kappa shape index (κ1) is 15.5. The molecule has 2 aromatic carbocycles. The highest BCUT2D eigenvalue weighted by Gasteiger charge is 2.19. The molecule has 0 aliphatic carbocycles. The normalized spacial score (nSPS) is 13.7. The minimum atomic E-state index is -0.353. The number of benzene rings is 2. The average Bonchev–Trinajstić information content (AvgIpc) is 2.45. The predicted octanol–water partition coefficient (Wildman–Crippen LogP) is 3.73. The fourth-order valence-electron chi connectivity index (χ4n) is 2.42. The van der Waals surface area contributed by atoms with Crippen LogP contribution in [-0.4, -0.2) is 12.6 Å². The summed E-state index contributed by atoms with van der Waals surface area (Å²) in [6.45, 7) is 2.02. The molecule has 0 saturated carbocycles. The van der Waals surface area contributed by atoms with Gasteiger partial charge in [-0.15, -0.1) is 0 Å². The lowest BCUT2D eigenvalue weighted by molar-refractivity contribution is 0.414. The monoisotopic (exact) mass is 287 g/mol. The van der Waals surface area contributed by atoms with Gasteiger partial charge < -0.3 is 10.5 Å². The number of halogens is 1. The smallest absolute Gasteiger partial charge is 0.123 e. The van der Waals surface area contributed by atoms with E-state index >= 15 is 0 Å². The molecular formula is C18H22FNO. The summed E-state index contributed by atoms with van der Waals surface area (Å²) < 4.78 is 18.4. The first-order valence-corrected chi connectivity index (χ1v) is 7.15. The number of ether oxygens (including phenoxy) is 1. The number of hydrogen-bond acceptors (Lipinski definition) is 2. The van der Waals surface area contributed by atoms with Gasteiger partial charge in [-0.2, -0.15) is 0 Å². The van der Waals surface area contributed by atoms with Gasteiger partial charge >= 0.3 is 0 Å². The van der Waals surface area contributed by atoms with Crippen LogP contribution >= 0.6 is 0 Å². The molecule has 0 radical (unpaired) electrons. The van der Waals surface area contributed by atoms with E-state index in [1.165, 1.54) is 11.6 Å². The summed E-state index contributed by atoms with van der Waals surface area (Å²) in [5, 5.41) is 0. The number of methoxy groups -OCH3 is 1. The molecule has 0 heterocycles. The minimum Gasteiger partial charge on any atom is -0.497 e. The van der Waals surface area contributed by atoms with Gasteiger partial charge in [0, 0.05) is 5.54 Å². The van der Waals surface area contributed by atoms with Crippen LogP contribution in [0.1, 0.15) is 24.5 Å². The molecule has 2 aromatic rings. The van der Waals surface area contributed by atoms with Gasteiger partial charge in [-0.1, -0.05) is 24.3 Å². The Morgan fingerprint density at radius 3 is 2.43 bits per heavy atom. The molecule has 0 aliphatic rings. The maximum Gasteiger partial charge on any atom is 0.123 e. The van der Waals surface area contributed by atoms with Crippen LogP contribution < -0.4 is 10.5 Å². The SMILES string of the molecule is COc1ccc(CCC(C)(N)Cc2cccc(F)c2)cc1. The van der Waals surface area contributed by atoms with Crippen molar-refractivity contribution in [1.82, 2.24) is 0 Å². The van der Waals surface area contributed by atoms with Gasteiger partial charge in [0.15, 0.2) is 0 Å². The van der Waals surface area contributed by atoms with Crippen LogP contribution in [0.15, 0.2) is 48.5 Å². The molecular weight excluding hydrogens is 265 g/mol. The van der Waals surface area contributed by atoms with Crippen molar-refractivity contribution in [1.29, 1.82) is 0 Å². The molecule has 0 spiro atoms. The third-order valence-corrected chi connectivity index (χ3v) is 3.64. The van der Waals surface area contributed by atoms with Crippen LogP contribution in [0.2, 0.25) is 0 Å². The lowest BCUT2D eigenvalue weighted by Crippen LogP contribution is -2.39. The first-order chi connectivity index (χ1) is 9.98. The predicted molar refractivity (Wildman–Crippen MR) is 84.0 cm³/mol. The van der Waals surface area contributed by atoms with Crippen LogP contribution in [0.4, 0.5) is 4.39 Å². The maximum atomic E-state index is 13.2. The molecule has 0 bridgehead atoms. The van der Waals surface area contributed by atoms with Gasteiger partial charge in [0.2, 0.25) is 0 Å². The Bertz CT molecular complexity index is 578. The summed E-state index contributed by atoms with van der Waals surface area (Å²) in [5.41, 5.74) is 8.17. The van der Waals surface area contributed by atoms with E-state index in [0.717, 1.165) is 24.2 Å². The van der Waals surface area contributed by atoms with Crippen molar-refractivity contribution in [3.05, 3.63) is 65.5 Å². The van der Waals surface area contributed by atoms with E-state index in [1.807, 2.05) is 25.1 Å². The number of rotatable bonds is 6. The largest absolute Gasteiger partial charge is 0.497 e. The second kappa shape index (κ2) is 6.72. The van der Waals surface area contributed by atoms with Crippen LogP contribution in [0, 0.1) is 5.82 Å². The van der Waals surface area contributed by atoms with Gasteiger partial charge in [0.05, 0.1) is 7.11 Å². The lowest BCUT2D eigenvalue weighted by atomic mass is 9.88. The summed E-state index contributed by atoms with van der Waals surface area (Å²) >= 11 is 0. The summed E-state index contributed by atoms with van der Waals surface area (Å²) in [5.74, 6) is 0.646. The average molecular weight is 287 g/mol. The Morgan fingerprint density at radius 1 is 1.10 bits per heavy atom. The van der Waals surface area contributed by atoms with Crippen LogP contribution in [0.5, 0.6) is 5.75 Å². The molecule has 2 nitrogen and oxygen atoms in total. The van der Waals surface area contributed by atoms with Crippen molar-refractivity contribution in [2.75, 3.05) is 7.11 Å². The van der Waals surface area contributed by atoms with Crippen molar-refractivity contribution in [3.8, 4) is 5.75 Å². The minimum absolute atomic E-state index is 0.210. The fourth-order valence-corrected chi connectivity index (χ4v) is 2.42. The molecule has 0 aliphatic heterocycles. The Morgan fingerprint density at radius 2 is 1.81 bits per heavy atom. The fraction of sp³-hybridized carbons (Fsp3) is 0.333. The standard InChI is InChI=1S/C18H22FNO/c1-18(20,13-15-4-3-5-16(19)12-15)11-10-14-6-8-17(21-2)9-7-14/h3-9,12H,10-11,13,20H2,1-2H3. The molecule has 0 fully saturated rings. The highest BCUT2D eigenvalue weighted by atomic mass is 19.1. The van der Waals surface area contributed by atoms with E-state index in [9.17, 15) is 4.39 Å². The van der Waals surface area contributed by atoms with Crippen LogP contribution in [0.25, 0.3) is 0 Å². The molecule has 0 saturated heterocycles. The highest BCUT2D eigenvalue weighted by Crippen LogP contribution is 2.19. The molecule has 21 heavy (non-hydrogen) atoms. The highest BCUT2D eigenvalue weighted by molar-refractivity contribution is 5.27. The molecule has 0 aromatic heterocycles. The van der Waals surface area contributed by atoms with Crippen molar-refractivity contribution in [3.63, 3.8) is 0 Å². The van der Waals surface area contributed by atoms with Crippen LogP contribution in [0.3, 0.4) is 0 Å². The third kappa shape index (κ3) is 4.87. The topological polar surface area (TPSA) is 35.2 Å². The summed E-state index contributed by atoms with van der Waals surface area (Å²) in [4.78, 5) is 0. The van der Waals surface area contributed by atoms with Crippen molar-refractivity contribution >= 4 is 0 Å². The van der Waals surface area contributed by atoms with Crippen molar-refractivity contribution in [2.24, 2.45) is 5.73 Å². The van der Waals surface area contributed by atoms with Gasteiger partial charge in [-0.05, 0) is 61.6 Å². The van der Waals surface area contributed by atoms with Gasteiger partial charge in [0.1, 0.15) is 11.6 Å². The molecule has 112 valence electrons. The molecule has 1 unspecified atom stereocenters. The zero-order valence-corrected chi connectivity index (χ0v) is 12.6. The van der Waals surface area contributed by atoms with E-state index < -0.39 is 0 Å². The second-order valence-corrected chi connectivity index (χ2v) is 5.81. The van der Waals surface area contributed by atoms with Gasteiger partial charge in [0.25, 0.3) is 0 Å². The summed E-state index contributed by atoms with van der Waals surface area (Å²) in [6.07, 6.45) is 2.41. The number of nitrogens with two attached hydrogens (primary N) is 1. The van der Waals surface area contributed by atoms with Crippen molar-refractivity contribution in [2.45, 2.75) is 31.7 Å². The van der Waals surface area contributed by atoms with E-state index in [0.29, 0.717) is 6.42 Å². The molecule has 2 rings (SSSR count). The molecule has 3 heteroatoms. The Kier molecular flexibility index (Phi) is 4.97. The number of aryl methyl sites for hydroxylation is 1. The second-order valence-electron chi connectivity index (χ2n) is 5.81. The van der Waals surface area contributed by atoms with E-state index in [1.54, 1.807) is 19.2 Å². The molecule has 0 amide bonds. The quantitative estimate of drug-likeness (QED) is 0.878. The summed E-state index contributed by atoms with van der Waals surface area (Å²) in [6, 6.07) is 14.7. The zero-order valence-electron chi connectivity index (χ0n) is 12.6. The van der Waals surface area contributed by atoms with E-state index in [-0.39, 0.29) is 11.4 Å². The van der Waals surface area contributed by atoms with Crippen LogP contribution in [-0.2, 0) is 12.8 Å². The maximum absolute atomic E-state index is 13.2. The molecule has 1 atom stereocenters. The van der Waals surface area contributed by atoms with E-state index in [2.05, 4.69) is 12.1 Å². The Balaban J connectivity index is 1.93. The van der Waals surface area contributed by atoms with Crippen molar-refractivity contribution < 1.29 is 9.13 Å². The summed E-state index contributed by atoms with van der Waals surface area (Å²) in [7, 11) is 1.66. The van der Waals surface area contributed by atoms with Gasteiger partial charge in [-0.3, -0.25) is 0 Å². The number of hydrogen-bond donors (Lipinski definition) is 1. The molecule has 2 N–H and O–H groups in total. The lowest BCUT2D eigenvalue weighted by Gasteiger charge is -2.25. The third-order valence-electron chi connectivity index (χ3n) is 3.64. The Labute approximate surface area is 125 Å². The van der Waals surface area contributed by atoms with Gasteiger partial charge in [-0.25, -0.2) is 4.39 Å².